The number of furan rings is 1. The number of nitrogens with one attached hydrogen (secondary N) is 1. The molecule has 1 amide bonds. The Morgan fingerprint density at radius 2 is 2.00 bits per heavy atom. The summed E-state index contributed by atoms with van der Waals surface area (Å²) in [6, 6.07) is 8.64. The average Bonchev–Trinajstić information content (AvgIpc) is 3.11. The maximum absolute atomic E-state index is 12.6. The summed E-state index contributed by atoms with van der Waals surface area (Å²) in [5.41, 5.74) is 0. The number of rotatable bonds is 7. The molecule has 2 atom stereocenters. The number of carbonyl (C=O) groups excluding carboxylic acids is 1. The highest BCUT2D eigenvalue weighted by molar-refractivity contribution is 6.35. The van der Waals surface area contributed by atoms with E-state index in [1.807, 2.05) is 0 Å². The Hall–Kier alpha value is -1.69. The Labute approximate surface area is 175 Å². The van der Waals surface area contributed by atoms with E-state index in [-0.39, 0.29) is 18.6 Å². The van der Waals surface area contributed by atoms with E-state index >= 15 is 0 Å². The molecule has 1 aliphatic carbocycles. The van der Waals surface area contributed by atoms with Crippen molar-refractivity contribution in [3.63, 3.8) is 0 Å². The van der Waals surface area contributed by atoms with Crippen molar-refractivity contribution in [2.24, 2.45) is 5.92 Å². The average molecular weight is 425 g/mol. The number of amides is 1. The van der Waals surface area contributed by atoms with Crippen molar-refractivity contribution in [1.82, 2.24) is 10.2 Å². The van der Waals surface area contributed by atoms with Gasteiger partial charge in [-0.3, -0.25) is 4.79 Å². The Morgan fingerprint density at radius 3 is 2.75 bits per heavy atom. The first-order chi connectivity index (χ1) is 13.4. The molecule has 1 aromatic heterocycles. The molecule has 1 fully saturated rings. The monoisotopic (exact) mass is 424 g/mol. The van der Waals surface area contributed by atoms with Gasteiger partial charge in [0.15, 0.2) is 5.76 Å². The molecule has 0 aliphatic heterocycles. The van der Waals surface area contributed by atoms with Gasteiger partial charge in [0.1, 0.15) is 18.1 Å². The van der Waals surface area contributed by atoms with Crippen LogP contribution in [-0.4, -0.2) is 37.5 Å². The van der Waals surface area contributed by atoms with E-state index in [0.717, 1.165) is 25.8 Å². The van der Waals surface area contributed by atoms with Crippen LogP contribution in [0.5, 0.6) is 5.75 Å². The molecule has 0 saturated heterocycles. The number of halogens is 2. The second-order valence-electron chi connectivity index (χ2n) is 7.52. The van der Waals surface area contributed by atoms with Crippen LogP contribution in [0.2, 0.25) is 10.0 Å². The summed E-state index contributed by atoms with van der Waals surface area (Å²) in [5, 5.41) is 4.13. The first-order valence-electron chi connectivity index (χ1n) is 9.54. The molecule has 0 radical (unpaired) electrons. The summed E-state index contributed by atoms with van der Waals surface area (Å²) < 4.78 is 11.3. The quantitative estimate of drug-likeness (QED) is 0.677. The van der Waals surface area contributed by atoms with E-state index in [4.69, 9.17) is 32.4 Å². The van der Waals surface area contributed by atoms with Crippen LogP contribution in [0.4, 0.5) is 0 Å². The van der Waals surface area contributed by atoms with Gasteiger partial charge >= 0.3 is 0 Å². The minimum Gasteiger partial charge on any atom is -0.484 e. The highest BCUT2D eigenvalue weighted by Gasteiger charge is 2.28. The van der Waals surface area contributed by atoms with Gasteiger partial charge in [-0.05, 0) is 63.2 Å². The predicted molar refractivity (Wildman–Crippen MR) is 111 cm³/mol. The van der Waals surface area contributed by atoms with E-state index in [9.17, 15) is 4.79 Å². The van der Waals surface area contributed by atoms with Crippen LogP contribution in [0.15, 0.2) is 34.7 Å². The van der Waals surface area contributed by atoms with Crippen molar-refractivity contribution in [1.29, 1.82) is 0 Å². The molecule has 3 rings (SSSR count). The smallest absolute Gasteiger partial charge is 0.287 e. The molecule has 2 unspecified atom stereocenters. The van der Waals surface area contributed by atoms with Gasteiger partial charge in [-0.2, -0.15) is 0 Å². The van der Waals surface area contributed by atoms with Crippen LogP contribution in [0.3, 0.4) is 0 Å². The van der Waals surface area contributed by atoms with Crippen molar-refractivity contribution >= 4 is 29.1 Å². The van der Waals surface area contributed by atoms with Crippen molar-refractivity contribution < 1.29 is 13.9 Å². The van der Waals surface area contributed by atoms with Crippen LogP contribution >= 0.6 is 23.2 Å². The lowest BCUT2D eigenvalue weighted by Gasteiger charge is -2.33. The highest BCUT2D eigenvalue weighted by Crippen LogP contribution is 2.28. The van der Waals surface area contributed by atoms with Crippen molar-refractivity contribution in [2.75, 3.05) is 20.6 Å². The maximum atomic E-state index is 12.6. The van der Waals surface area contributed by atoms with Crippen LogP contribution in [0.1, 0.15) is 42.0 Å². The van der Waals surface area contributed by atoms with Crippen LogP contribution in [0, 0.1) is 5.92 Å². The lowest BCUT2D eigenvalue weighted by Crippen LogP contribution is -2.45. The third kappa shape index (κ3) is 5.66. The Morgan fingerprint density at radius 1 is 1.21 bits per heavy atom. The van der Waals surface area contributed by atoms with E-state index in [1.54, 1.807) is 30.3 Å². The zero-order valence-corrected chi connectivity index (χ0v) is 17.7. The Kier molecular flexibility index (Phi) is 7.27. The molecule has 28 heavy (non-hydrogen) atoms. The molecule has 0 bridgehead atoms. The minimum absolute atomic E-state index is 0.175. The molecule has 152 valence electrons. The van der Waals surface area contributed by atoms with Crippen LogP contribution < -0.4 is 10.1 Å². The summed E-state index contributed by atoms with van der Waals surface area (Å²) >= 11 is 12.0. The topological polar surface area (TPSA) is 54.7 Å². The molecule has 5 nitrogen and oxygen atoms in total. The Bertz CT molecular complexity index is 807. The molecular weight excluding hydrogens is 399 g/mol. The van der Waals surface area contributed by atoms with Crippen LogP contribution in [0.25, 0.3) is 0 Å². The summed E-state index contributed by atoms with van der Waals surface area (Å²) in [7, 11) is 4.14. The SMILES string of the molecule is CN(C)CC1CCCCC1NC(=O)c1ccc(COc2ccc(Cl)cc2Cl)o1. The molecule has 7 heteroatoms. The van der Waals surface area contributed by atoms with E-state index in [2.05, 4.69) is 24.3 Å². The van der Waals surface area contributed by atoms with Crippen LogP contribution in [-0.2, 0) is 6.61 Å². The second kappa shape index (κ2) is 9.68. The molecule has 1 N–H and O–H groups in total. The van der Waals surface area contributed by atoms with Gasteiger partial charge in [0, 0.05) is 17.6 Å². The van der Waals surface area contributed by atoms with Gasteiger partial charge in [-0.1, -0.05) is 36.0 Å². The number of hydrogen-bond acceptors (Lipinski definition) is 4. The Balaban J connectivity index is 1.57. The van der Waals surface area contributed by atoms with Gasteiger partial charge in [0.05, 0.1) is 5.02 Å². The summed E-state index contributed by atoms with van der Waals surface area (Å²) in [4.78, 5) is 14.8. The van der Waals surface area contributed by atoms with Crippen molar-refractivity contribution in [3.05, 3.63) is 51.9 Å². The number of hydrogen-bond donors (Lipinski definition) is 1. The second-order valence-corrected chi connectivity index (χ2v) is 8.36. The fourth-order valence-corrected chi connectivity index (χ4v) is 4.11. The number of ether oxygens (including phenoxy) is 1. The minimum atomic E-state index is -0.175. The lowest BCUT2D eigenvalue weighted by molar-refractivity contribution is 0.0863. The zero-order chi connectivity index (χ0) is 20.1. The lowest BCUT2D eigenvalue weighted by atomic mass is 9.84. The zero-order valence-electron chi connectivity index (χ0n) is 16.2. The van der Waals surface area contributed by atoms with Crippen molar-refractivity contribution in [3.8, 4) is 5.75 Å². The van der Waals surface area contributed by atoms with Gasteiger partial charge in [-0.25, -0.2) is 0 Å². The number of benzene rings is 1. The fourth-order valence-electron chi connectivity index (χ4n) is 3.64. The molecule has 1 aliphatic rings. The molecule has 1 heterocycles. The third-order valence-electron chi connectivity index (χ3n) is 4.97. The molecule has 1 saturated carbocycles. The number of carbonyl (C=O) groups is 1. The first kappa shape index (κ1) is 21.0. The van der Waals surface area contributed by atoms with E-state index < -0.39 is 0 Å². The van der Waals surface area contributed by atoms with Gasteiger partial charge in [0.2, 0.25) is 0 Å². The number of nitrogens with zero attached hydrogens (tertiary/aromatic N) is 1. The molecule has 1 aromatic carbocycles. The van der Waals surface area contributed by atoms with Gasteiger partial charge in [-0.15, -0.1) is 0 Å². The highest BCUT2D eigenvalue weighted by atomic mass is 35.5. The molecule has 0 spiro atoms. The van der Waals surface area contributed by atoms with E-state index in [0.29, 0.717) is 33.2 Å². The summed E-state index contributed by atoms with van der Waals surface area (Å²) in [6.07, 6.45) is 4.52. The first-order valence-corrected chi connectivity index (χ1v) is 10.3. The third-order valence-corrected chi connectivity index (χ3v) is 5.50. The normalized spacial score (nSPS) is 19.6. The molecular formula is C21H26Cl2N2O3. The molecule has 2 aromatic rings. The summed E-state index contributed by atoms with van der Waals surface area (Å²) in [5.74, 6) is 1.67. The largest absolute Gasteiger partial charge is 0.484 e. The summed E-state index contributed by atoms with van der Waals surface area (Å²) in [6.45, 7) is 1.16. The van der Waals surface area contributed by atoms with Gasteiger partial charge < -0.3 is 19.4 Å². The van der Waals surface area contributed by atoms with Crippen molar-refractivity contribution in [2.45, 2.75) is 38.3 Å². The standard InChI is InChI=1S/C21H26Cl2N2O3/c1-25(2)12-14-5-3-4-6-18(14)24-21(26)20-10-8-16(28-20)13-27-19-9-7-15(22)11-17(19)23/h7-11,14,18H,3-6,12-13H2,1-2H3,(H,24,26). The van der Waals surface area contributed by atoms with Gasteiger partial charge in [0.25, 0.3) is 5.91 Å². The predicted octanol–water partition coefficient (Wildman–Crippen LogP) is 5.02. The fraction of sp³-hybridized carbons (Fsp3) is 0.476. The van der Waals surface area contributed by atoms with E-state index in [1.165, 1.54) is 6.42 Å². The maximum Gasteiger partial charge on any atom is 0.287 e.